The molecule has 2 nitrogen and oxygen atoms in total. The summed E-state index contributed by atoms with van der Waals surface area (Å²) in [4.78, 5) is 12.9. The van der Waals surface area contributed by atoms with Gasteiger partial charge in [-0.2, -0.15) is 0 Å². The minimum Gasteiger partial charge on any atom is -0.423 e. The summed E-state index contributed by atoms with van der Waals surface area (Å²) in [6, 6.07) is 9.89. The molecule has 0 fully saturated rings. The molecule has 0 bridgehead atoms. The van der Waals surface area contributed by atoms with E-state index in [2.05, 4.69) is 6.58 Å². The molecule has 0 heterocycles. The molecule has 3 atom stereocenters. The number of fused-ring (bicyclic) bond motifs is 2. The number of rotatable bonds is 7. The molecular formula is C29H28F4O2. The number of ether oxygens (including phenoxy) is 1. The molecule has 0 radical (unpaired) electrons. The van der Waals surface area contributed by atoms with Crippen LogP contribution >= 0.6 is 0 Å². The van der Waals surface area contributed by atoms with Gasteiger partial charge in [0.25, 0.3) is 0 Å². The highest BCUT2D eigenvalue weighted by molar-refractivity contribution is 5.95. The van der Waals surface area contributed by atoms with Crippen molar-refractivity contribution in [1.29, 1.82) is 0 Å². The van der Waals surface area contributed by atoms with Crippen LogP contribution in [0.25, 0.3) is 5.57 Å². The van der Waals surface area contributed by atoms with Gasteiger partial charge in [0.05, 0.1) is 5.57 Å². The highest BCUT2D eigenvalue weighted by Gasteiger charge is 2.45. The molecule has 0 amide bonds. The molecule has 35 heavy (non-hydrogen) atoms. The van der Waals surface area contributed by atoms with Crippen LogP contribution in [0, 0.1) is 11.7 Å². The first-order valence-corrected chi connectivity index (χ1v) is 11.9. The third-order valence-electron chi connectivity index (χ3n) is 6.70. The molecule has 0 saturated heterocycles. The fourth-order valence-electron chi connectivity index (χ4n) is 4.93. The zero-order chi connectivity index (χ0) is 25.3. The highest BCUT2D eigenvalue weighted by Crippen LogP contribution is 2.51. The van der Waals surface area contributed by atoms with Gasteiger partial charge in [-0.3, -0.25) is 0 Å². The maximum atomic E-state index is 15.6. The number of hydrogen-bond donors (Lipinski definition) is 0. The van der Waals surface area contributed by atoms with Crippen LogP contribution in [0.2, 0.25) is 0 Å². The van der Waals surface area contributed by atoms with Gasteiger partial charge in [0, 0.05) is 11.1 Å². The van der Waals surface area contributed by atoms with Gasteiger partial charge in [-0.25, -0.2) is 22.4 Å². The molecule has 2 aromatic carbocycles. The molecule has 0 aliphatic heterocycles. The summed E-state index contributed by atoms with van der Waals surface area (Å²) in [5, 5.41) is 0. The average molecular weight is 485 g/mol. The maximum absolute atomic E-state index is 15.6. The zero-order valence-corrected chi connectivity index (χ0v) is 19.8. The fraction of sp³-hybridized carbons (Fsp3) is 0.345. The predicted octanol–water partition coefficient (Wildman–Crippen LogP) is 7.88. The molecule has 2 aliphatic carbocycles. The minimum atomic E-state index is -2.41. The van der Waals surface area contributed by atoms with E-state index in [1.165, 1.54) is 6.07 Å². The van der Waals surface area contributed by atoms with E-state index in [1.807, 2.05) is 6.92 Å². The SMILES string of the molecule is C=CCCc1ccc(OC(=O)C2=C(F)C3=C(CC2C)c2ccc(CCC)c(F)c2C(F)C3F)cc1. The Morgan fingerprint density at radius 3 is 2.46 bits per heavy atom. The maximum Gasteiger partial charge on any atom is 0.342 e. The van der Waals surface area contributed by atoms with Crippen LogP contribution in [0.1, 0.15) is 61.5 Å². The molecule has 0 N–H and O–H groups in total. The van der Waals surface area contributed by atoms with E-state index in [0.717, 1.165) is 18.4 Å². The molecular weight excluding hydrogens is 456 g/mol. The topological polar surface area (TPSA) is 26.3 Å². The highest BCUT2D eigenvalue weighted by atomic mass is 19.2. The van der Waals surface area contributed by atoms with E-state index in [4.69, 9.17) is 4.74 Å². The quantitative estimate of drug-likeness (QED) is 0.173. The second-order valence-electron chi connectivity index (χ2n) is 9.14. The first kappa shape index (κ1) is 25.0. The van der Waals surface area contributed by atoms with E-state index in [0.29, 0.717) is 18.4 Å². The van der Waals surface area contributed by atoms with Crippen molar-refractivity contribution in [2.45, 2.75) is 58.3 Å². The number of esters is 1. The van der Waals surface area contributed by atoms with Gasteiger partial charge in [-0.15, -0.1) is 6.58 Å². The Bertz CT molecular complexity index is 1210. The predicted molar refractivity (Wildman–Crippen MR) is 129 cm³/mol. The lowest BCUT2D eigenvalue weighted by Gasteiger charge is -2.34. The molecule has 0 saturated carbocycles. The number of halogens is 4. The standard InChI is InChI=1S/C29H28F4O2/c1-4-6-8-17-9-12-19(13-10-17)35-29(34)22-16(3)15-21-20-14-11-18(7-5-2)25(30)23(20)27(32)28(33)24(21)26(22)31/h4,9-14,16,27-28H,1,5-8,15H2,2-3H3. The Balaban J connectivity index is 1.69. The van der Waals surface area contributed by atoms with E-state index in [9.17, 15) is 4.79 Å². The van der Waals surface area contributed by atoms with Crippen molar-refractivity contribution in [3.63, 3.8) is 0 Å². The molecule has 0 aromatic heterocycles. The second-order valence-corrected chi connectivity index (χ2v) is 9.14. The Labute approximate surface area is 203 Å². The number of benzene rings is 2. The lowest BCUT2D eigenvalue weighted by atomic mass is 9.73. The Kier molecular flexibility index (Phi) is 7.29. The molecule has 0 spiro atoms. The van der Waals surface area contributed by atoms with Crippen molar-refractivity contribution in [2.24, 2.45) is 5.92 Å². The van der Waals surface area contributed by atoms with Crippen LogP contribution in [0.3, 0.4) is 0 Å². The van der Waals surface area contributed by atoms with Crippen molar-refractivity contribution in [1.82, 2.24) is 0 Å². The first-order chi connectivity index (χ1) is 16.8. The van der Waals surface area contributed by atoms with Gasteiger partial charge in [0.1, 0.15) is 17.4 Å². The van der Waals surface area contributed by atoms with E-state index < -0.39 is 41.4 Å². The molecule has 6 heteroatoms. The van der Waals surface area contributed by atoms with Crippen LogP contribution in [0.5, 0.6) is 5.75 Å². The van der Waals surface area contributed by atoms with Gasteiger partial charge >= 0.3 is 5.97 Å². The van der Waals surface area contributed by atoms with Gasteiger partial charge in [-0.05, 0) is 66.0 Å². The third kappa shape index (κ3) is 4.58. The summed E-state index contributed by atoms with van der Waals surface area (Å²) in [7, 11) is 0. The summed E-state index contributed by atoms with van der Waals surface area (Å²) < 4.78 is 66.4. The number of alkyl halides is 2. The van der Waals surface area contributed by atoms with Gasteiger partial charge in [-0.1, -0.05) is 50.6 Å². The summed E-state index contributed by atoms with van der Waals surface area (Å²) >= 11 is 0. The summed E-state index contributed by atoms with van der Waals surface area (Å²) in [5.74, 6) is -3.28. The third-order valence-corrected chi connectivity index (χ3v) is 6.70. The van der Waals surface area contributed by atoms with Crippen LogP contribution in [0.15, 0.2) is 66.0 Å². The normalized spacial score (nSPS) is 21.5. The van der Waals surface area contributed by atoms with E-state index in [-0.39, 0.29) is 34.4 Å². The number of allylic oxidation sites excluding steroid dienone is 4. The van der Waals surface area contributed by atoms with Crippen molar-refractivity contribution in [3.8, 4) is 5.75 Å². The Morgan fingerprint density at radius 2 is 1.80 bits per heavy atom. The molecule has 184 valence electrons. The lowest BCUT2D eigenvalue weighted by Crippen LogP contribution is -2.30. The van der Waals surface area contributed by atoms with Crippen molar-refractivity contribution >= 4 is 11.5 Å². The van der Waals surface area contributed by atoms with Crippen LogP contribution in [-0.4, -0.2) is 12.1 Å². The molecule has 2 aliphatic rings. The smallest absolute Gasteiger partial charge is 0.342 e. The lowest BCUT2D eigenvalue weighted by molar-refractivity contribution is -0.130. The molecule has 2 aromatic rings. The van der Waals surface area contributed by atoms with Gasteiger partial charge < -0.3 is 4.74 Å². The van der Waals surface area contributed by atoms with Crippen LogP contribution in [0.4, 0.5) is 17.6 Å². The number of aryl methyl sites for hydroxylation is 2. The fourth-order valence-corrected chi connectivity index (χ4v) is 4.93. The van der Waals surface area contributed by atoms with Crippen molar-refractivity contribution < 1.29 is 27.1 Å². The van der Waals surface area contributed by atoms with Crippen molar-refractivity contribution in [2.75, 3.05) is 0 Å². The Hall–Kier alpha value is -3.15. The summed E-state index contributed by atoms with van der Waals surface area (Å²) in [6.07, 6.45) is -0.265. The number of carbonyl (C=O) groups excluding carboxylic acids is 1. The largest absolute Gasteiger partial charge is 0.423 e. The average Bonchev–Trinajstić information content (AvgIpc) is 2.83. The summed E-state index contributed by atoms with van der Waals surface area (Å²) in [6.45, 7) is 7.17. The van der Waals surface area contributed by atoms with E-state index in [1.54, 1.807) is 43.3 Å². The van der Waals surface area contributed by atoms with Crippen molar-refractivity contribution in [3.05, 3.63) is 94.1 Å². The Morgan fingerprint density at radius 1 is 1.09 bits per heavy atom. The zero-order valence-electron chi connectivity index (χ0n) is 19.8. The number of carbonyl (C=O) groups is 1. The van der Waals surface area contributed by atoms with Gasteiger partial charge in [0.15, 0.2) is 12.3 Å². The van der Waals surface area contributed by atoms with E-state index >= 15 is 17.6 Å². The van der Waals surface area contributed by atoms with Crippen LogP contribution in [-0.2, 0) is 17.6 Å². The van der Waals surface area contributed by atoms with Crippen LogP contribution < -0.4 is 4.74 Å². The monoisotopic (exact) mass is 484 g/mol. The second kappa shape index (κ2) is 10.2. The molecule has 4 rings (SSSR count). The van der Waals surface area contributed by atoms with Gasteiger partial charge in [0.2, 0.25) is 0 Å². The minimum absolute atomic E-state index is 0.0698. The first-order valence-electron chi connectivity index (χ1n) is 11.9. The summed E-state index contributed by atoms with van der Waals surface area (Å²) in [5.41, 5.74) is 0.507. The molecule has 3 unspecified atom stereocenters. The number of hydrogen-bond acceptors (Lipinski definition) is 2.